The van der Waals surface area contributed by atoms with Gasteiger partial charge in [-0.05, 0) is 19.3 Å². The molecule has 7 heteroatoms. The highest BCUT2D eigenvalue weighted by Crippen LogP contribution is 2.36. The summed E-state index contributed by atoms with van der Waals surface area (Å²) < 4.78 is 7.39. The van der Waals surface area contributed by atoms with Crippen LogP contribution in [0.25, 0.3) is 0 Å². The summed E-state index contributed by atoms with van der Waals surface area (Å²) in [6, 6.07) is 0. The average molecular weight is 314 g/mol. The Morgan fingerprint density at radius 2 is 2.48 bits per heavy atom. The number of rotatable bonds is 3. The van der Waals surface area contributed by atoms with Gasteiger partial charge in [0.15, 0.2) is 5.69 Å². The third kappa shape index (κ3) is 2.56. The molecule has 0 aliphatic carbocycles. The van der Waals surface area contributed by atoms with Crippen LogP contribution in [-0.2, 0) is 11.3 Å². The second-order valence-electron chi connectivity index (χ2n) is 5.81. The van der Waals surface area contributed by atoms with E-state index >= 15 is 0 Å². The molecule has 3 heterocycles. The zero-order chi connectivity index (χ0) is 15.0. The lowest BCUT2D eigenvalue weighted by Crippen LogP contribution is -2.41. The summed E-state index contributed by atoms with van der Waals surface area (Å²) in [5.74, 6) is -0.235. The molecule has 2 saturated heterocycles. The molecule has 1 aromatic heterocycles. The highest BCUT2D eigenvalue weighted by molar-refractivity contribution is 6.33. The van der Waals surface area contributed by atoms with E-state index in [0.717, 1.165) is 25.8 Å². The van der Waals surface area contributed by atoms with Crippen LogP contribution < -0.4 is 0 Å². The number of halogens is 1. The molecule has 0 saturated carbocycles. The van der Waals surface area contributed by atoms with Crippen LogP contribution >= 0.6 is 11.6 Å². The van der Waals surface area contributed by atoms with Gasteiger partial charge < -0.3 is 14.7 Å². The average Bonchev–Trinajstić information content (AvgIpc) is 3.13. The maximum atomic E-state index is 12.6. The minimum Gasteiger partial charge on any atom is -0.388 e. The summed E-state index contributed by atoms with van der Waals surface area (Å²) in [7, 11) is 0. The fourth-order valence-electron chi connectivity index (χ4n) is 3.16. The predicted octanol–water partition coefficient (Wildman–Crippen LogP) is 1.31. The summed E-state index contributed by atoms with van der Waals surface area (Å²) >= 11 is 6.12. The van der Waals surface area contributed by atoms with E-state index in [1.54, 1.807) is 15.8 Å². The zero-order valence-corrected chi connectivity index (χ0v) is 12.8. The molecule has 1 aromatic rings. The third-order valence-electron chi connectivity index (χ3n) is 4.25. The fraction of sp³-hybridized carbons (Fsp3) is 0.714. The summed E-state index contributed by atoms with van der Waals surface area (Å²) in [4.78, 5) is 14.2. The maximum Gasteiger partial charge on any atom is 0.276 e. The molecular formula is C14H20ClN3O3. The van der Waals surface area contributed by atoms with E-state index in [1.807, 2.05) is 6.92 Å². The van der Waals surface area contributed by atoms with E-state index < -0.39 is 11.7 Å². The lowest BCUT2D eigenvalue weighted by atomic mass is 9.97. The number of aliphatic hydroxyl groups is 1. The van der Waals surface area contributed by atoms with Crippen molar-refractivity contribution >= 4 is 17.5 Å². The fourth-order valence-corrected chi connectivity index (χ4v) is 3.40. The van der Waals surface area contributed by atoms with Crippen LogP contribution in [0.2, 0.25) is 5.02 Å². The van der Waals surface area contributed by atoms with Crippen LogP contribution in [-0.4, -0.2) is 57.1 Å². The molecule has 116 valence electrons. The van der Waals surface area contributed by atoms with Crippen LogP contribution in [0.3, 0.4) is 0 Å². The van der Waals surface area contributed by atoms with Crippen molar-refractivity contribution in [3.8, 4) is 0 Å². The van der Waals surface area contributed by atoms with Gasteiger partial charge in [-0.25, -0.2) is 0 Å². The van der Waals surface area contributed by atoms with Crippen LogP contribution in [0, 0.1) is 0 Å². The number of β-amino-alcohol motifs (C(OH)–C–C–N with tert-alkyl or cyclic N) is 1. The van der Waals surface area contributed by atoms with Gasteiger partial charge >= 0.3 is 0 Å². The molecule has 21 heavy (non-hydrogen) atoms. The Morgan fingerprint density at radius 3 is 3.14 bits per heavy atom. The predicted molar refractivity (Wildman–Crippen MR) is 77.4 cm³/mol. The molecule has 1 amide bonds. The molecular weight excluding hydrogens is 294 g/mol. The summed E-state index contributed by atoms with van der Waals surface area (Å²) in [5.41, 5.74) is -0.332. The number of aryl methyl sites for hydroxylation is 1. The van der Waals surface area contributed by atoms with Gasteiger partial charge in [0.25, 0.3) is 5.91 Å². The number of carbonyl (C=O) groups excluding carboxylic acids is 1. The van der Waals surface area contributed by atoms with E-state index in [9.17, 15) is 9.90 Å². The van der Waals surface area contributed by atoms with Gasteiger partial charge in [-0.3, -0.25) is 9.48 Å². The van der Waals surface area contributed by atoms with Gasteiger partial charge in [0, 0.05) is 25.9 Å². The van der Waals surface area contributed by atoms with Gasteiger partial charge in [-0.2, -0.15) is 5.10 Å². The number of carbonyl (C=O) groups is 1. The van der Waals surface area contributed by atoms with Gasteiger partial charge in [0.05, 0.1) is 11.6 Å². The zero-order valence-electron chi connectivity index (χ0n) is 12.1. The molecule has 0 aromatic carbocycles. The number of amides is 1. The van der Waals surface area contributed by atoms with Gasteiger partial charge in [0.2, 0.25) is 0 Å². The van der Waals surface area contributed by atoms with Crippen molar-refractivity contribution in [2.45, 2.75) is 44.4 Å². The smallest absolute Gasteiger partial charge is 0.276 e. The minimum absolute atomic E-state index is 0.235. The Bertz CT molecular complexity index is 540. The molecule has 6 nitrogen and oxygen atoms in total. The number of ether oxygens (including phenoxy) is 1. The standard InChI is InChI=1S/C14H20ClN3O3/c1-2-5-18-7-10(15)12(16-18)13(20)17-8-11(19)14(9-17)4-3-6-21-14/h7,11,19H,2-6,8-9H2,1H3/t11-,14-/m0/s1. The maximum absolute atomic E-state index is 12.6. The Morgan fingerprint density at radius 1 is 1.67 bits per heavy atom. The van der Waals surface area contributed by atoms with Crippen molar-refractivity contribution in [3.05, 3.63) is 16.9 Å². The van der Waals surface area contributed by atoms with Crippen molar-refractivity contribution < 1.29 is 14.6 Å². The lowest BCUT2D eigenvalue weighted by molar-refractivity contribution is -0.0590. The van der Waals surface area contributed by atoms with E-state index in [0.29, 0.717) is 18.2 Å². The third-order valence-corrected chi connectivity index (χ3v) is 4.53. The molecule has 2 aliphatic heterocycles. The molecule has 2 fully saturated rings. The largest absolute Gasteiger partial charge is 0.388 e. The first-order valence-electron chi connectivity index (χ1n) is 7.40. The van der Waals surface area contributed by atoms with Gasteiger partial charge in [-0.15, -0.1) is 0 Å². The molecule has 1 N–H and O–H groups in total. The summed E-state index contributed by atoms with van der Waals surface area (Å²) in [6.45, 7) is 4.09. The van der Waals surface area contributed by atoms with Crippen molar-refractivity contribution in [1.82, 2.24) is 14.7 Å². The first-order valence-corrected chi connectivity index (χ1v) is 7.78. The molecule has 2 atom stereocenters. The van der Waals surface area contributed by atoms with Crippen molar-refractivity contribution in [2.24, 2.45) is 0 Å². The minimum atomic E-state index is -0.638. The van der Waals surface area contributed by atoms with Crippen LogP contribution in [0.1, 0.15) is 36.7 Å². The van der Waals surface area contributed by atoms with E-state index in [2.05, 4.69) is 5.10 Å². The molecule has 0 unspecified atom stereocenters. The molecule has 0 radical (unpaired) electrons. The number of aliphatic hydroxyl groups excluding tert-OH is 1. The number of aromatic nitrogens is 2. The molecule has 1 spiro atoms. The van der Waals surface area contributed by atoms with E-state index in [1.165, 1.54) is 0 Å². The number of nitrogens with zero attached hydrogens (tertiary/aromatic N) is 3. The Hall–Kier alpha value is -1.11. The summed E-state index contributed by atoms with van der Waals surface area (Å²) in [5, 5.41) is 14.8. The highest BCUT2D eigenvalue weighted by atomic mass is 35.5. The van der Waals surface area contributed by atoms with Crippen LogP contribution in [0.4, 0.5) is 0 Å². The monoisotopic (exact) mass is 313 g/mol. The number of hydrogen-bond donors (Lipinski definition) is 1. The van der Waals surface area contributed by atoms with Crippen LogP contribution in [0.5, 0.6) is 0 Å². The summed E-state index contributed by atoms with van der Waals surface area (Å²) in [6.07, 6.45) is 3.67. The molecule has 2 aliphatic rings. The van der Waals surface area contributed by atoms with Crippen molar-refractivity contribution in [2.75, 3.05) is 19.7 Å². The van der Waals surface area contributed by atoms with Crippen molar-refractivity contribution in [3.63, 3.8) is 0 Å². The highest BCUT2D eigenvalue weighted by Gasteiger charge is 2.50. The Labute approximate surface area is 128 Å². The van der Waals surface area contributed by atoms with Crippen LogP contribution in [0.15, 0.2) is 6.20 Å². The Kier molecular flexibility index (Phi) is 3.94. The SMILES string of the molecule is CCCn1cc(Cl)c(C(=O)N2C[C@H](O)[C@]3(CCCO3)C2)n1. The topological polar surface area (TPSA) is 67.6 Å². The normalized spacial score (nSPS) is 28.7. The van der Waals surface area contributed by atoms with E-state index in [-0.39, 0.29) is 18.1 Å². The van der Waals surface area contributed by atoms with E-state index in [4.69, 9.17) is 16.3 Å². The first kappa shape index (κ1) is 14.8. The van der Waals surface area contributed by atoms with Gasteiger partial charge in [-0.1, -0.05) is 18.5 Å². The quantitative estimate of drug-likeness (QED) is 0.913. The second kappa shape index (κ2) is 5.59. The Balaban J connectivity index is 1.77. The lowest BCUT2D eigenvalue weighted by Gasteiger charge is -2.25. The second-order valence-corrected chi connectivity index (χ2v) is 6.21. The van der Waals surface area contributed by atoms with Gasteiger partial charge in [0.1, 0.15) is 11.7 Å². The number of hydrogen-bond acceptors (Lipinski definition) is 4. The van der Waals surface area contributed by atoms with Crippen molar-refractivity contribution in [1.29, 1.82) is 0 Å². The first-order chi connectivity index (χ1) is 10.1. The number of likely N-dealkylation sites (tertiary alicyclic amines) is 1. The molecule has 0 bridgehead atoms. The molecule has 3 rings (SSSR count).